The molecule has 0 spiro atoms. The predicted molar refractivity (Wildman–Crippen MR) is 135 cm³/mol. The molecule has 0 unspecified atom stereocenters. The number of aryl methyl sites for hydroxylation is 1. The van der Waals surface area contributed by atoms with E-state index in [1.54, 1.807) is 54.9 Å². The summed E-state index contributed by atoms with van der Waals surface area (Å²) in [5, 5.41) is 3.42. The number of alkyl halides is 3. The van der Waals surface area contributed by atoms with Crippen LogP contribution in [0, 0.1) is 0 Å². The third-order valence-corrected chi connectivity index (χ3v) is 6.24. The Labute approximate surface area is 215 Å². The molecule has 0 saturated heterocycles. The number of imidazole rings is 1. The van der Waals surface area contributed by atoms with E-state index in [0.717, 1.165) is 23.4 Å². The lowest BCUT2D eigenvalue weighted by Crippen LogP contribution is -2.23. The average Bonchev–Trinajstić information content (AvgIpc) is 3.54. The van der Waals surface area contributed by atoms with Crippen molar-refractivity contribution in [3.05, 3.63) is 107 Å². The molecule has 5 aromatic rings. The molecule has 1 amide bonds. The number of hydrogen-bond donors (Lipinski definition) is 1. The molecule has 0 aliphatic carbocycles. The van der Waals surface area contributed by atoms with Gasteiger partial charge in [-0.15, -0.1) is 0 Å². The molecule has 0 atom stereocenters. The van der Waals surface area contributed by atoms with Crippen LogP contribution in [0.25, 0.3) is 28.0 Å². The number of carbonyl (C=O) groups excluding carboxylic acids is 1. The minimum absolute atomic E-state index is 0.164. The van der Waals surface area contributed by atoms with Crippen LogP contribution in [0.2, 0.25) is 5.02 Å². The van der Waals surface area contributed by atoms with Gasteiger partial charge in [-0.2, -0.15) is 13.2 Å². The largest absolute Gasteiger partial charge is 0.467 e. The van der Waals surface area contributed by atoms with Crippen molar-refractivity contribution in [2.24, 2.45) is 0 Å². The minimum atomic E-state index is -4.44. The first-order valence-electron chi connectivity index (χ1n) is 11.5. The van der Waals surface area contributed by atoms with E-state index in [4.69, 9.17) is 21.0 Å². The van der Waals surface area contributed by atoms with Crippen LogP contribution >= 0.6 is 11.6 Å². The second-order valence-electron chi connectivity index (χ2n) is 8.49. The second-order valence-corrected chi connectivity index (χ2v) is 8.93. The molecule has 0 aliphatic heterocycles. The van der Waals surface area contributed by atoms with Crippen LogP contribution in [0.5, 0.6) is 0 Å². The van der Waals surface area contributed by atoms with Crippen molar-refractivity contribution in [3.63, 3.8) is 0 Å². The number of hydrogen-bond acceptors (Lipinski definition) is 3. The van der Waals surface area contributed by atoms with Crippen LogP contribution in [0.4, 0.5) is 13.2 Å². The van der Waals surface area contributed by atoms with Crippen molar-refractivity contribution >= 4 is 23.2 Å². The van der Waals surface area contributed by atoms with E-state index in [1.807, 2.05) is 16.5 Å². The summed E-state index contributed by atoms with van der Waals surface area (Å²) in [7, 11) is 0. The van der Waals surface area contributed by atoms with Gasteiger partial charge >= 0.3 is 6.18 Å². The maximum atomic E-state index is 13.3. The number of fused-ring (bicyclic) bond motifs is 1. The van der Waals surface area contributed by atoms with Crippen molar-refractivity contribution < 1.29 is 22.4 Å². The van der Waals surface area contributed by atoms with E-state index in [2.05, 4.69) is 5.32 Å². The summed E-state index contributed by atoms with van der Waals surface area (Å²) in [6.07, 6.45) is -0.601. The van der Waals surface area contributed by atoms with Gasteiger partial charge in [0, 0.05) is 23.2 Å². The summed E-state index contributed by atoms with van der Waals surface area (Å²) in [5.41, 5.74) is 3.19. The van der Waals surface area contributed by atoms with Crippen LogP contribution in [0.15, 0.2) is 89.7 Å². The fourth-order valence-electron chi connectivity index (χ4n) is 4.14. The molecule has 0 saturated carbocycles. The number of rotatable bonds is 7. The summed E-state index contributed by atoms with van der Waals surface area (Å²) in [6.45, 7) is 0.280. The third-order valence-electron chi connectivity index (χ3n) is 5.99. The number of pyridine rings is 1. The Balaban J connectivity index is 1.50. The Morgan fingerprint density at radius 1 is 0.973 bits per heavy atom. The van der Waals surface area contributed by atoms with E-state index in [9.17, 15) is 18.0 Å². The first-order valence-corrected chi connectivity index (χ1v) is 11.9. The summed E-state index contributed by atoms with van der Waals surface area (Å²) in [6, 6.07) is 19.4. The summed E-state index contributed by atoms with van der Waals surface area (Å²) >= 11 is 6.06. The Morgan fingerprint density at radius 2 is 1.76 bits per heavy atom. The fraction of sp³-hybridized carbons (Fsp3) is 0.143. The number of aromatic nitrogens is 2. The van der Waals surface area contributed by atoms with Gasteiger partial charge in [-0.05, 0) is 66.1 Å². The maximum Gasteiger partial charge on any atom is 0.416 e. The average molecular weight is 524 g/mol. The lowest BCUT2D eigenvalue weighted by atomic mass is 10.0. The highest BCUT2D eigenvalue weighted by Crippen LogP contribution is 2.33. The van der Waals surface area contributed by atoms with Gasteiger partial charge in [0.05, 0.1) is 29.8 Å². The van der Waals surface area contributed by atoms with Gasteiger partial charge in [-0.1, -0.05) is 35.9 Å². The van der Waals surface area contributed by atoms with Crippen molar-refractivity contribution in [1.29, 1.82) is 0 Å². The van der Waals surface area contributed by atoms with Gasteiger partial charge < -0.3 is 14.1 Å². The molecule has 5 rings (SSSR count). The van der Waals surface area contributed by atoms with E-state index >= 15 is 0 Å². The smallest absolute Gasteiger partial charge is 0.416 e. The number of nitrogens with one attached hydrogen (secondary N) is 1. The Bertz CT molecular complexity index is 1540. The number of benzene rings is 2. The Morgan fingerprint density at radius 3 is 2.49 bits per heavy atom. The summed E-state index contributed by atoms with van der Waals surface area (Å²) < 4.78 is 46.9. The van der Waals surface area contributed by atoms with Crippen molar-refractivity contribution in [1.82, 2.24) is 14.7 Å². The SMILES string of the molecule is O=C(CCc1c(-c2ccc(Cl)cc2)nc2ccc(-c3cccc(C(F)(F)F)c3)cn12)NCc1ccco1. The van der Waals surface area contributed by atoms with Crippen molar-refractivity contribution in [2.75, 3.05) is 0 Å². The van der Waals surface area contributed by atoms with Crippen molar-refractivity contribution in [3.8, 4) is 22.4 Å². The van der Waals surface area contributed by atoms with Crippen LogP contribution < -0.4 is 5.32 Å². The third kappa shape index (κ3) is 5.54. The molecular weight excluding hydrogens is 503 g/mol. The predicted octanol–water partition coefficient (Wildman–Crippen LogP) is 7.18. The summed E-state index contributed by atoms with van der Waals surface area (Å²) in [5.74, 6) is 0.484. The van der Waals surface area contributed by atoms with E-state index in [-0.39, 0.29) is 18.9 Å². The quantitative estimate of drug-likeness (QED) is 0.246. The van der Waals surface area contributed by atoms with E-state index in [0.29, 0.717) is 39.7 Å². The van der Waals surface area contributed by atoms with Crippen LogP contribution in [0.1, 0.15) is 23.4 Å². The molecule has 9 heteroatoms. The molecule has 0 bridgehead atoms. The monoisotopic (exact) mass is 523 g/mol. The Kier molecular flexibility index (Phi) is 6.76. The molecule has 1 N–H and O–H groups in total. The topological polar surface area (TPSA) is 59.5 Å². The second kappa shape index (κ2) is 10.1. The van der Waals surface area contributed by atoms with Gasteiger partial charge in [0.2, 0.25) is 5.91 Å². The molecule has 5 nitrogen and oxygen atoms in total. The van der Waals surface area contributed by atoms with Crippen molar-refractivity contribution in [2.45, 2.75) is 25.6 Å². The van der Waals surface area contributed by atoms with Gasteiger partial charge in [0.25, 0.3) is 0 Å². The van der Waals surface area contributed by atoms with E-state index < -0.39 is 11.7 Å². The van der Waals surface area contributed by atoms with Crippen LogP contribution in [-0.4, -0.2) is 15.3 Å². The Hall–Kier alpha value is -4.04. The molecule has 3 aromatic heterocycles. The van der Waals surface area contributed by atoms with Crippen LogP contribution in [-0.2, 0) is 23.9 Å². The molecule has 37 heavy (non-hydrogen) atoms. The molecule has 0 aliphatic rings. The first-order chi connectivity index (χ1) is 17.8. The zero-order valence-electron chi connectivity index (χ0n) is 19.4. The maximum absolute atomic E-state index is 13.3. The van der Waals surface area contributed by atoms with Crippen LogP contribution in [0.3, 0.4) is 0 Å². The van der Waals surface area contributed by atoms with Gasteiger partial charge in [0.1, 0.15) is 11.4 Å². The van der Waals surface area contributed by atoms with Gasteiger partial charge in [0.15, 0.2) is 0 Å². The zero-order valence-corrected chi connectivity index (χ0v) is 20.2. The number of halogens is 4. The standard InChI is InChI=1S/C28H21ClF3N3O2/c29-22-9-6-18(7-10-22)27-24(11-13-26(36)33-16-23-5-2-14-37-23)35-17-20(8-12-25(35)34-27)19-3-1-4-21(15-19)28(30,31)32/h1-10,12,14-15,17H,11,13,16H2,(H,33,36). The number of amides is 1. The molecule has 188 valence electrons. The highest BCUT2D eigenvalue weighted by atomic mass is 35.5. The highest BCUT2D eigenvalue weighted by molar-refractivity contribution is 6.30. The number of carbonyl (C=O) groups is 1. The molecule has 2 aromatic carbocycles. The highest BCUT2D eigenvalue weighted by Gasteiger charge is 2.30. The first kappa shape index (κ1) is 24.6. The molecular formula is C28H21ClF3N3O2. The molecule has 0 fully saturated rings. The fourth-order valence-corrected chi connectivity index (χ4v) is 4.26. The summed E-state index contributed by atoms with van der Waals surface area (Å²) in [4.78, 5) is 17.3. The molecule has 3 heterocycles. The lowest BCUT2D eigenvalue weighted by Gasteiger charge is -2.10. The van der Waals surface area contributed by atoms with Gasteiger partial charge in [-0.3, -0.25) is 4.79 Å². The van der Waals surface area contributed by atoms with E-state index in [1.165, 1.54) is 6.07 Å². The number of nitrogens with zero attached hydrogens (tertiary/aromatic N) is 2. The lowest BCUT2D eigenvalue weighted by molar-refractivity contribution is -0.137. The number of furan rings is 1. The van der Waals surface area contributed by atoms with Gasteiger partial charge in [-0.25, -0.2) is 4.98 Å². The minimum Gasteiger partial charge on any atom is -0.467 e. The zero-order chi connectivity index (χ0) is 26.0. The normalized spacial score (nSPS) is 11.7. The molecule has 0 radical (unpaired) electrons.